The molecule has 1 aromatic heterocycles. The SMILES string of the molecule is O=C(O)c1cc2c(F)cc(C3CC3)cc2[nH]1. The first-order valence-electron chi connectivity index (χ1n) is 5.20. The van der Waals surface area contributed by atoms with Gasteiger partial charge in [0.05, 0.1) is 0 Å². The molecular weight excluding hydrogens is 209 g/mol. The summed E-state index contributed by atoms with van der Waals surface area (Å²) in [5.74, 6) is -0.956. The summed E-state index contributed by atoms with van der Waals surface area (Å²) < 4.78 is 13.7. The summed E-state index contributed by atoms with van der Waals surface area (Å²) in [5, 5.41) is 9.16. The monoisotopic (exact) mass is 219 g/mol. The lowest BCUT2D eigenvalue weighted by Gasteiger charge is -1.99. The van der Waals surface area contributed by atoms with Crippen molar-refractivity contribution in [3.05, 3.63) is 35.3 Å². The van der Waals surface area contributed by atoms with Gasteiger partial charge in [0.1, 0.15) is 11.5 Å². The fourth-order valence-electron chi connectivity index (χ4n) is 1.98. The van der Waals surface area contributed by atoms with Crippen LogP contribution in [0.25, 0.3) is 10.9 Å². The van der Waals surface area contributed by atoms with Gasteiger partial charge in [-0.1, -0.05) is 0 Å². The summed E-state index contributed by atoms with van der Waals surface area (Å²) in [6, 6.07) is 4.70. The minimum absolute atomic E-state index is 0.0295. The second-order valence-electron chi connectivity index (χ2n) is 4.23. The van der Waals surface area contributed by atoms with Crippen LogP contribution in [0.1, 0.15) is 34.8 Å². The van der Waals surface area contributed by atoms with Gasteiger partial charge in [0, 0.05) is 10.9 Å². The third kappa shape index (κ3) is 1.38. The van der Waals surface area contributed by atoms with E-state index in [1.54, 1.807) is 0 Å². The van der Waals surface area contributed by atoms with Gasteiger partial charge in [-0.15, -0.1) is 0 Å². The van der Waals surface area contributed by atoms with Gasteiger partial charge in [-0.2, -0.15) is 0 Å². The molecule has 3 rings (SSSR count). The number of hydrogen-bond acceptors (Lipinski definition) is 1. The molecule has 16 heavy (non-hydrogen) atoms. The number of halogens is 1. The number of fused-ring (bicyclic) bond motifs is 1. The Hall–Kier alpha value is -1.84. The van der Waals surface area contributed by atoms with Crippen molar-refractivity contribution in [3.8, 4) is 0 Å². The average Bonchev–Trinajstić information content (AvgIpc) is 2.97. The summed E-state index contributed by atoms with van der Waals surface area (Å²) in [6.45, 7) is 0. The molecule has 1 aliphatic carbocycles. The third-order valence-electron chi connectivity index (χ3n) is 2.99. The molecule has 0 bridgehead atoms. The summed E-state index contributed by atoms with van der Waals surface area (Å²) in [6.07, 6.45) is 2.19. The van der Waals surface area contributed by atoms with Crippen molar-refractivity contribution in [1.29, 1.82) is 0 Å². The van der Waals surface area contributed by atoms with Crippen molar-refractivity contribution < 1.29 is 14.3 Å². The zero-order valence-electron chi connectivity index (χ0n) is 8.46. The van der Waals surface area contributed by atoms with E-state index in [2.05, 4.69) is 4.98 Å². The number of aromatic carboxylic acids is 1. The Bertz CT molecular complexity index is 584. The van der Waals surface area contributed by atoms with Crippen LogP contribution in [0.5, 0.6) is 0 Å². The average molecular weight is 219 g/mol. The van der Waals surface area contributed by atoms with E-state index in [-0.39, 0.29) is 11.5 Å². The molecule has 2 aromatic rings. The van der Waals surface area contributed by atoms with Gasteiger partial charge in [0.25, 0.3) is 0 Å². The van der Waals surface area contributed by atoms with Crippen LogP contribution in [-0.4, -0.2) is 16.1 Å². The molecule has 3 nitrogen and oxygen atoms in total. The molecule has 0 saturated heterocycles. The first-order valence-corrected chi connectivity index (χ1v) is 5.20. The standard InChI is InChI=1S/C12H10FNO2/c13-9-3-7(6-1-2-6)4-10-8(9)5-11(14-10)12(15)16/h3-6,14H,1-2H2,(H,15,16). The number of carboxylic acids is 1. The molecule has 0 unspecified atom stereocenters. The molecule has 0 radical (unpaired) electrons. The maximum atomic E-state index is 13.7. The Morgan fingerprint density at radius 1 is 1.38 bits per heavy atom. The Morgan fingerprint density at radius 3 is 2.75 bits per heavy atom. The van der Waals surface area contributed by atoms with Gasteiger partial charge in [0.15, 0.2) is 0 Å². The van der Waals surface area contributed by atoms with E-state index < -0.39 is 5.97 Å². The van der Waals surface area contributed by atoms with Crippen LogP contribution >= 0.6 is 0 Å². The van der Waals surface area contributed by atoms with E-state index in [9.17, 15) is 9.18 Å². The number of benzene rings is 1. The third-order valence-corrected chi connectivity index (χ3v) is 2.99. The van der Waals surface area contributed by atoms with E-state index in [1.165, 1.54) is 12.1 Å². The maximum absolute atomic E-state index is 13.7. The lowest BCUT2D eigenvalue weighted by molar-refractivity contribution is 0.0691. The predicted octanol–water partition coefficient (Wildman–Crippen LogP) is 2.88. The number of carboxylic acid groups (broad SMARTS) is 1. The van der Waals surface area contributed by atoms with Gasteiger partial charge in [0.2, 0.25) is 0 Å². The van der Waals surface area contributed by atoms with Crippen LogP contribution in [0.4, 0.5) is 4.39 Å². The molecule has 0 spiro atoms. The molecule has 0 atom stereocenters. The summed E-state index contributed by atoms with van der Waals surface area (Å²) >= 11 is 0. The number of aromatic nitrogens is 1. The summed E-state index contributed by atoms with van der Waals surface area (Å²) in [5.41, 5.74) is 1.56. The summed E-state index contributed by atoms with van der Waals surface area (Å²) in [4.78, 5) is 13.5. The van der Waals surface area contributed by atoms with Gasteiger partial charge in [-0.3, -0.25) is 0 Å². The van der Waals surface area contributed by atoms with E-state index in [0.29, 0.717) is 16.8 Å². The molecule has 1 fully saturated rings. The molecule has 1 aromatic carbocycles. The number of hydrogen-bond donors (Lipinski definition) is 2. The van der Waals surface area contributed by atoms with Crippen molar-refractivity contribution in [2.24, 2.45) is 0 Å². The first kappa shape index (κ1) is 9.39. The fourth-order valence-corrected chi connectivity index (χ4v) is 1.98. The highest BCUT2D eigenvalue weighted by Crippen LogP contribution is 2.41. The molecule has 0 amide bonds. The summed E-state index contributed by atoms with van der Waals surface area (Å²) in [7, 11) is 0. The second kappa shape index (κ2) is 3.07. The molecule has 2 N–H and O–H groups in total. The number of nitrogens with one attached hydrogen (secondary N) is 1. The molecule has 1 saturated carbocycles. The molecule has 1 aliphatic rings. The van der Waals surface area contributed by atoms with E-state index in [1.807, 2.05) is 6.07 Å². The maximum Gasteiger partial charge on any atom is 0.352 e. The van der Waals surface area contributed by atoms with Crippen molar-refractivity contribution in [2.75, 3.05) is 0 Å². The van der Waals surface area contributed by atoms with E-state index in [4.69, 9.17) is 5.11 Å². The van der Waals surface area contributed by atoms with Crippen molar-refractivity contribution in [1.82, 2.24) is 4.98 Å². The quantitative estimate of drug-likeness (QED) is 0.815. The van der Waals surface area contributed by atoms with Crippen molar-refractivity contribution in [2.45, 2.75) is 18.8 Å². The van der Waals surface area contributed by atoms with Crippen LogP contribution in [0.2, 0.25) is 0 Å². The number of aromatic amines is 1. The molecule has 4 heteroatoms. The van der Waals surface area contributed by atoms with E-state index >= 15 is 0 Å². The zero-order chi connectivity index (χ0) is 11.3. The van der Waals surface area contributed by atoms with Gasteiger partial charge < -0.3 is 10.1 Å². The van der Waals surface area contributed by atoms with Crippen LogP contribution in [0.15, 0.2) is 18.2 Å². The zero-order valence-corrected chi connectivity index (χ0v) is 8.46. The topological polar surface area (TPSA) is 53.1 Å². The van der Waals surface area contributed by atoms with Crippen molar-refractivity contribution >= 4 is 16.9 Å². The second-order valence-corrected chi connectivity index (χ2v) is 4.23. The number of H-pyrrole nitrogens is 1. The fraction of sp³-hybridized carbons (Fsp3) is 0.250. The van der Waals surface area contributed by atoms with Gasteiger partial charge in [-0.05, 0) is 42.5 Å². The lowest BCUT2D eigenvalue weighted by Crippen LogP contribution is -1.94. The Labute approximate surface area is 90.9 Å². The van der Waals surface area contributed by atoms with Gasteiger partial charge in [-0.25, -0.2) is 9.18 Å². The number of carbonyl (C=O) groups is 1. The number of rotatable bonds is 2. The van der Waals surface area contributed by atoms with Crippen LogP contribution in [-0.2, 0) is 0 Å². The normalized spacial score (nSPS) is 15.6. The minimum Gasteiger partial charge on any atom is -0.477 e. The van der Waals surface area contributed by atoms with Gasteiger partial charge >= 0.3 is 5.97 Å². The van der Waals surface area contributed by atoms with E-state index in [0.717, 1.165) is 18.4 Å². The Balaban J connectivity index is 2.21. The predicted molar refractivity (Wildman–Crippen MR) is 57.2 cm³/mol. The highest BCUT2D eigenvalue weighted by atomic mass is 19.1. The highest BCUT2D eigenvalue weighted by Gasteiger charge is 2.25. The Kier molecular flexibility index (Phi) is 1.80. The first-order chi connectivity index (χ1) is 7.65. The highest BCUT2D eigenvalue weighted by molar-refractivity contribution is 5.94. The van der Waals surface area contributed by atoms with Crippen LogP contribution in [0.3, 0.4) is 0 Å². The molecule has 0 aliphatic heterocycles. The largest absolute Gasteiger partial charge is 0.477 e. The van der Waals surface area contributed by atoms with Crippen LogP contribution < -0.4 is 0 Å². The van der Waals surface area contributed by atoms with Crippen molar-refractivity contribution in [3.63, 3.8) is 0 Å². The molecule has 1 heterocycles. The lowest BCUT2D eigenvalue weighted by atomic mass is 10.1. The Morgan fingerprint density at radius 2 is 2.12 bits per heavy atom. The minimum atomic E-state index is -1.07. The smallest absolute Gasteiger partial charge is 0.352 e. The van der Waals surface area contributed by atoms with Crippen LogP contribution in [0, 0.1) is 5.82 Å². The molecular formula is C12H10FNO2. The molecule has 82 valence electrons.